The molecule has 15 N–H and O–H groups in total. The summed E-state index contributed by atoms with van der Waals surface area (Å²) in [7, 11) is 0. The Kier molecular flexibility index (Phi) is 15.9. The lowest BCUT2D eigenvalue weighted by molar-refractivity contribution is -0.468. The van der Waals surface area contributed by atoms with Gasteiger partial charge < -0.3 is 119 Å². The first-order valence-corrected chi connectivity index (χ1v) is 26.9. The highest BCUT2D eigenvalue weighted by molar-refractivity contribution is 5.20. The Morgan fingerprint density at radius 3 is 1.81 bits per heavy atom. The van der Waals surface area contributed by atoms with Gasteiger partial charge in [-0.2, -0.15) is 0 Å². The summed E-state index contributed by atoms with van der Waals surface area (Å²) < 4.78 is 56.9. The van der Waals surface area contributed by atoms with Gasteiger partial charge >= 0.3 is 0 Å². The van der Waals surface area contributed by atoms with Crippen LogP contribution in [0.1, 0.15) is 79.1 Å². The molecular formula is C50H82O24. The Bertz CT molecular complexity index is 1930. The molecule has 8 unspecified atom stereocenters. The Morgan fingerprint density at radius 2 is 1.18 bits per heavy atom. The maximum absolute atomic E-state index is 13.0. The number of hydrogen-bond acceptors (Lipinski definition) is 24. The van der Waals surface area contributed by atoms with Gasteiger partial charge in [0.05, 0.1) is 51.3 Å². The largest absolute Gasteiger partial charge is 0.394 e. The summed E-state index contributed by atoms with van der Waals surface area (Å²) >= 11 is 0. The van der Waals surface area contributed by atoms with E-state index in [1.165, 1.54) is 0 Å². The number of rotatable bonds is 10. The second kappa shape index (κ2) is 20.9. The second-order valence-electron chi connectivity index (χ2n) is 24.4. The van der Waals surface area contributed by atoms with E-state index in [1.807, 2.05) is 0 Å². The van der Waals surface area contributed by atoms with Crippen LogP contribution in [0.25, 0.3) is 0 Å². The average molecular weight is 1070 g/mol. The molecule has 0 radical (unpaired) electrons. The molecule has 6 saturated heterocycles. The molecule has 426 valence electrons. The highest BCUT2D eigenvalue weighted by atomic mass is 16.8. The zero-order chi connectivity index (χ0) is 53.3. The molecule has 10 rings (SSSR count). The van der Waals surface area contributed by atoms with Gasteiger partial charge in [0.2, 0.25) is 5.79 Å². The fourth-order valence-electron chi connectivity index (χ4n) is 16.4. The van der Waals surface area contributed by atoms with Gasteiger partial charge in [-0.25, -0.2) is 0 Å². The van der Waals surface area contributed by atoms with Crippen LogP contribution in [-0.2, 0) is 42.6 Å². The van der Waals surface area contributed by atoms with Crippen LogP contribution in [0.3, 0.4) is 0 Å². The number of hydrogen-bond donors (Lipinski definition) is 15. The Balaban J connectivity index is 1.03. The van der Waals surface area contributed by atoms with Gasteiger partial charge in [0.1, 0.15) is 91.6 Å². The smallest absolute Gasteiger partial charge is 0.206 e. The maximum atomic E-state index is 13.0. The highest BCUT2D eigenvalue weighted by Crippen LogP contribution is 2.72. The number of aliphatic hydroxyl groups excluding tert-OH is 15. The topological polar surface area (TPSA) is 387 Å². The molecule has 0 amide bonds. The molecule has 1 spiro atoms. The molecule has 0 aromatic heterocycles. The lowest BCUT2D eigenvalue weighted by Crippen LogP contribution is -2.76. The first kappa shape index (κ1) is 56.3. The SMILES string of the molecule is C[C@@H]1CCC2(OC1)O[C@H]1C(O)C3C4CCC5CC([C@@]6(O[C@@H]7O[C@H](CO)[C@@H](O)[C@H](O)[C@H]7O)O[C@@H](CO)[C@H](O)[C@H](O[C@@H]7O[C@H](CO)[C@H](O)[C@H](O)[C@H]7O)[C@H]6O[C@@H]6OC[C@@H](O)[C@H](O)[C@H]6O)C(O)C[C@]5(C)C4CC[C@]3(C)[C@H]1[C@@H]2C. The monoisotopic (exact) mass is 1070 g/mol. The minimum atomic E-state index is -2.70. The van der Waals surface area contributed by atoms with Crippen molar-refractivity contribution < 1.29 is 119 Å². The summed E-state index contributed by atoms with van der Waals surface area (Å²) in [4.78, 5) is 0. The number of fused-ring (bicyclic) bond motifs is 7. The summed E-state index contributed by atoms with van der Waals surface area (Å²) in [5.74, 6) is -4.71. The van der Waals surface area contributed by atoms with E-state index in [4.69, 9.17) is 42.6 Å². The number of aliphatic hydroxyl groups is 15. The molecule has 0 aromatic carbocycles. The van der Waals surface area contributed by atoms with Crippen LogP contribution in [0.15, 0.2) is 0 Å². The molecule has 6 aliphatic heterocycles. The van der Waals surface area contributed by atoms with Crippen molar-refractivity contribution in [3.63, 3.8) is 0 Å². The van der Waals surface area contributed by atoms with Crippen molar-refractivity contribution in [2.24, 2.45) is 58.2 Å². The molecule has 0 bridgehead atoms. The van der Waals surface area contributed by atoms with Gasteiger partial charge in [0.25, 0.3) is 0 Å². The van der Waals surface area contributed by atoms with Crippen molar-refractivity contribution in [2.45, 2.75) is 219 Å². The fourth-order valence-corrected chi connectivity index (χ4v) is 16.4. The van der Waals surface area contributed by atoms with Crippen molar-refractivity contribution in [3.05, 3.63) is 0 Å². The zero-order valence-corrected chi connectivity index (χ0v) is 42.3. The second-order valence-corrected chi connectivity index (χ2v) is 24.4. The van der Waals surface area contributed by atoms with E-state index in [9.17, 15) is 76.6 Å². The highest BCUT2D eigenvalue weighted by Gasteiger charge is 2.74. The van der Waals surface area contributed by atoms with Crippen LogP contribution in [0.5, 0.6) is 0 Å². The molecule has 10 aliphatic rings. The molecular weight excluding hydrogens is 985 g/mol. The summed E-state index contributed by atoms with van der Waals surface area (Å²) in [6.45, 7) is 5.96. The minimum Gasteiger partial charge on any atom is -0.394 e. The third-order valence-corrected chi connectivity index (χ3v) is 20.5. The van der Waals surface area contributed by atoms with E-state index in [-0.39, 0.29) is 53.8 Å². The molecule has 24 nitrogen and oxygen atoms in total. The molecule has 6 heterocycles. The van der Waals surface area contributed by atoms with E-state index < -0.39 is 178 Å². The fraction of sp³-hybridized carbons (Fsp3) is 1.00. The van der Waals surface area contributed by atoms with Crippen molar-refractivity contribution >= 4 is 0 Å². The molecule has 24 heteroatoms. The molecule has 4 aliphatic carbocycles. The lowest BCUT2D eigenvalue weighted by atomic mass is 9.43. The molecule has 0 aromatic rings. The zero-order valence-electron chi connectivity index (χ0n) is 42.3. The van der Waals surface area contributed by atoms with Crippen LogP contribution in [0.4, 0.5) is 0 Å². The van der Waals surface area contributed by atoms with Crippen molar-refractivity contribution in [1.29, 1.82) is 0 Å². The van der Waals surface area contributed by atoms with E-state index >= 15 is 0 Å². The summed E-state index contributed by atoms with van der Waals surface area (Å²) in [6.07, 6.45) is -32.7. The van der Waals surface area contributed by atoms with Gasteiger partial charge in [-0.15, -0.1) is 0 Å². The Morgan fingerprint density at radius 1 is 0.541 bits per heavy atom. The molecule has 4 saturated carbocycles. The molecule has 33 atom stereocenters. The van der Waals surface area contributed by atoms with Crippen LogP contribution >= 0.6 is 0 Å². The number of ether oxygens (including phenoxy) is 9. The van der Waals surface area contributed by atoms with E-state index in [2.05, 4.69) is 27.7 Å². The normalized spacial score (nSPS) is 59.6. The maximum Gasteiger partial charge on any atom is 0.206 e. The average Bonchev–Trinajstić information content (AvgIpc) is 3.85. The van der Waals surface area contributed by atoms with Crippen LogP contribution in [-0.4, -0.2) is 250 Å². The van der Waals surface area contributed by atoms with Crippen molar-refractivity contribution in [1.82, 2.24) is 0 Å². The van der Waals surface area contributed by atoms with Crippen LogP contribution < -0.4 is 0 Å². The summed E-state index contributed by atoms with van der Waals surface area (Å²) in [5, 5.41) is 168. The van der Waals surface area contributed by atoms with Crippen molar-refractivity contribution in [2.75, 3.05) is 33.0 Å². The first-order valence-electron chi connectivity index (χ1n) is 26.9. The summed E-state index contributed by atoms with van der Waals surface area (Å²) in [6, 6.07) is 0. The van der Waals surface area contributed by atoms with Crippen LogP contribution in [0, 0.1) is 58.2 Å². The van der Waals surface area contributed by atoms with Gasteiger partial charge in [-0.1, -0.05) is 27.7 Å². The van der Waals surface area contributed by atoms with Gasteiger partial charge in [-0.05, 0) is 85.4 Å². The third kappa shape index (κ3) is 8.80. The van der Waals surface area contributed by atoms with Crippen LogP contribution in [0.2, 0.25) is 0 Å². The van der Waals surface area contributed by atoms with Crippen molar-refractivity contribution in [3.8, 4) is 0 Å². The minimum absolute atomic E-state index is 0.0166. The predicted molar refractivity (Wildman–Crippen MR) is 245 cm³/mol. The van der Waals surface area contributed by atoms with Gasteiger partial charge in [-0.3, -0.25) is 0 Å². The molecule has 74 heavy (non-hydrogen) atoms. The standard InChI is InChI=1S/C50H82O24/c1-18-7-10-49(67-16-18)19(2)29-41(73-49)35(60)30-21-6-5-20-11-23(24(54)12-48(20,4)22(21)8-9-47(29,30)3)50(74-46-40(65)37(62)33(58)27(14-52)69-46)43(71-44-38(63)31(56)25(55)17-66-44)42(34(59)28(15-53)72-50)70-45-39(64)36(61)32(57)26(13-51)68-45/h18-46,51-65H,5-17H2,1-4H3/t18-,19+,20?,21?,22?,23?,24?,25-,26-,27-,28+,29+,30?,31+,32+,33-,34+,35?,36+,37+,38-,39-,40-,41-,42+,43-,44+,45+,46+,47-,48+,49?,50+/m1/s1. The Labute approximate surface area is 428 Å². The quantitative estimate of drug-likeness (QED) is 0.0977. The first-order chi connectivity index (χ1) is 35.0. The Hall–Kier alpha value is -0.960. The predicted octanol–water partition coefficient (Wildman–Crippen LogP) is -4.74. The third-order valence-electron chi connectivity index (χ3n) is 20.5. The van der Waals surface area contributed by atoms with E-state index in [0.717, 1.165) is 25.7 Å². The van der Waals surface area contributed by atoms with E-state index in [0.29, 0.717) is 25.4 Å². The van der Waals surface area contributed by atoms with E-state index in [1.54, 1.807) is 0 Å². The van der Waals surface area contributed by atoms with Gasteiger partial charge in [0.15, 0.2) is 24.7 Å². The summed E-state index contributed by atoms with van der Waals surface area (Å²) in [5.41, 5.74) is -0.900. The molecule has 10 fully saturated rings. The lowest BCUT2D eigenvalue weighted by Gasteiger charge is -2.64. The van der Waals surface area contributed by atoms with Gasteiger partial charge in [0, 0.05) is 24.2 Å².